The summed E-state index contributed by atoms with van der Waals surface area (Å²) in [6.45, 7) is 10.3. The largest absolute Gasteiger partial charge is 0.314 e. The van der Waals surface area contributed by atoms with Gasteiger partial charge in [0.05, 0.1) is 0 Å². The summed E-state index contributed by atoms with van der Waals surface area (Å²) in [6, 6.07) is 7.76. The zero-order valence-electron chi connectivity index (χ0n) is 13.1. The lowest BCUT2D eigenvalue weighted by Gasteiger charge is -2.31. The van der Waals surface area contributed by atoms with E-state index < -0.39 is 0 Å². The van der Waals surface area contributed by atoms with Crippen LogP contribution in [0.1, 0.15) is 57.2 Å². The van der Waals surface area contributed by atoms with E-state index in [1.54, 1.807) is 11.1 Å². The molecule has 0 saturated heterocycles. The maximum Gasteiger partial charge on any atom is 0.0119 e. The smallest absolute Gasteiger partial charge is 0.0119 e. The maximum absolute atomic E-state index is 3.65. The Morgan fingerprint density at radius 1 is 1.16 bits per heavy atom. The number of hydrogen-bond acceptors (Lipinski definition) is 1. The topological polar surface area (TPSA) is 12.0 Å². The molecule has 0 heterocycles. The molecule has 1 aromatic rings. The molecule has 0 amide bonds. The van der Waals surface area contributed by atoms with Gasteiger partial charge in [0, 0.05) is 6.04 Å². The molecule has 1 aromatic carbocycles. The lowest BCUT2D eigenvalue weighted by atomic mass is 9.83. The van der Waals surface area contributed by atoms with E-state index in [1.807, 2.05) is 0 Å². The minimum absolute atomic E-state index is 0.340. The first-order chi connectivity index (χ1) is 9.00. The second-order valence-corrected chi connectivity index (χ2v) is 6.97. The van der Waals surface area contributed by atoms with Crippen LogP contribution in [-0.2, 0) is 19.3 Å². The SMILES string of the molecule is CCNC(CCc1ccc2c(c1)CCC2)C(C)(C)C. The number of hydrogen-bond donors (Lipinski definition) is 1. The predicted molar refractivity (Wildman–Crippen MR) is 83.7 cm³/mol. The van der Waals surface area contributed by atoms with Gasteiger partial charge in [-0.2, -0.15) is 0 Å². The first-order valence-corrected chi connectivity index (χ1v) is 7.84. The van der Waals surface area contributed by atoms with Crippen LogP contribution in [-0.4, -0.2) is 12.6 Å². The van der Waals surface area contributed by atoms with Gasteiger partial charge in [-0.15, -0.1) is 0 Å². The van der Waals surface area contributed by atoms with Crippen LogP contribution in [0.5, 0.6) is 0 Å². The molecule has 1 aliphatic rings. The van der Waals surface area contributed by atoms with Crippen LogP contribution in [0.2, 0.25) is 0 Å². The van der Waals surface area contributed by atoms with E-state index in [1.165, 1.54) is 37.7 Å². The summed E-state index contributed by atoms with van der Waals surface area (Å²) in [4.78, 5) is 0. The van der Waals surface area contributed by atoms with E-state index in [9.17, 15) is 0 Å². The van der Waals surface area contributed by atoms with Gasteiger partial charge in [0.1, 0.15) is 0 Å². The van der Waals surface area contributed by atoms with Crippen LogP contribution < -0.4 is 5.32 Å². The molecule has 1 N–H and O–H groups in total. The molecular formula is C18H29N. The molecule has 1 atom stereocenters. The summed E-state index contributed by atoms with van der Waals surface area (Å²) in [5, 5.41) is 3.65. The van der Waals surface area contributed by atoms with Crippen molar-refractivity contribution in [3.63, 3.8) is 0 Å². The number of aryl methyl sites for hydroxylation is 3. The Morgan fingerprint density at radius 3 is 2.58 bits per heavy atom. The Kier molecular flexibility index (Phi) is 4.67. The van der Waals surface area contributed by atoms with Gasteiger partial charge in [-0.05, 0) is 60.8 Å². The average Bonchev–Trinajstić information content (AvgIpc) is 2.80. The number of nitrogens with one attached hydrogen (secondary N) is 1. The summed E-state index contributed by atoms with van der Waals surface area (Å²) in [5.41, 5.74) is 5.05. The fourth-order valence-corrected chi connectivity index (χ4v) is 3.18. The maximum atomic E-state index is 3.65. The summed E-state index contributed by atoms with van der Waals surface area (Å²) in [6.07, 6.45) is 6.36. The molecule has 2 rings (SSSR count). The van der Waals surface area contributed by atoms with Gasteiger partial charge in [0.2, 0.25) is 0 Å². The van der Waals surface area contributed by atoms with E-state index in [4.69, 9.17) is 0 Å². The van der Waals surface area contributed by atoms with Crippen molar-refractivity contribution in [1.82, 2.24) is 5.32 Å². The van der Waals surface area contributed by atoms with E-state index in [2.05, 4.69) is 51.2 Å². The molecule has 0 aromatic heterocycles. The molecule has 1 unspecified atom stereocenters. The Hall–Kier alpha value is -0.820. The molecule has 0 fully saturated rings. The van der Waals surface area contributed by atoms with Crippen molar-refractivity contribution in [2.45, 2.75) is 65.8 Å². The minimum atomic E-state index is 0.340. The Balaban J connectivity index is 1.97. The normalized spacial score (nSPS) is 16.4. The van der Waals surface area contributed by atoms with E-state index in [-0.39, 0.29) is 0 Å². The highest BCUT2D eigenvalue weighted by atomic mass is 14.9. The van der Waals surface area contributed by atoms with Gasteiger partial charge in [-0.1, -0.05) is 45.9 Å². The van der Waals surface area contributed by atoms with E-state index in [0.29, 0.717) is 11.5 Å². The molecule has 0 bridgehead atoms. The summed E-state index contributed by atoms with van der Waals surface area (Å²) < 4.78 is 0. The van der Waals surface area contributed by atoms with Crippen LogP contribution in [0, 0.1) is 5.41 Å². The monoisotopic (exact) mass is 259 g/mol. The van der Waals surface area contributed by atoms with Crippen molar-refractivity contribution in [3.05, 3.63) is 34.9 Å². The van der Waals surface area contributed by atoms with E-state index in [0.717, 1.165) is 6.54 Å². The Bertz CT molecular complexity index is 414. The fraction of sp³-hybridized carbons (Fsp3) is 0.667. The first-order valence-electron chi connectivity index (χ1n) is 7.84. The summed E-state index contributed by atoms with van der Waals surface area (Å²) in [5.74, 6) is 0. The molecule has 0 spiro atoms. The van der Waals surface area contributed by atoms with Crippen molar-refractivity contribution in [2.24, 2.45) is 5.41 Å². The Labute approximate surface area is 118 Å². The molecule has 106 valence electrons. The van der Waals surface area contributed by atoms with Crippen molar-refractivity contribution < 1.29 is 0 Å². The first kappa shape index (κ1) is 14.6. The zero-order valence-corrected chi connectivity index (χ0v) is 13.1. The molecule has 0 radical (unpaired) electrons. The number of fused-ring (bicyclic) bond motifs is 1. The highest BCUT2D eigenvalue weighted by Crippen LogP contribution is 2.26. The minimum Gasteiger partial charge on any atom is -0.314 e. The van der Waals surface area contributed by atoms with Crippen molar-refractivity contribution >= 4 is 0 Å². The highest BCUT2D eigenvalue weighted by molar-refractivity contribution is 5.35. The van der Waals surface area contributed by atoms with Gasteiger partial charge >= 0.3 is 0 Å². The van der Waals surface area contributed by atoms with Crippen LogP contribution in [0.25, 0.3) is 0 Å². The van der Waals surface area contributed by atoms with Gasteiger partial charge in [-0.3, -0.25) is 0 Å². The standard InChI is InChI=1S/C18H29N/c1-5-19-17(18(2,3)4)12-10-14-9-11-15-7-6-8-16(15)13-14/h9,11,13,17,19H,5-8,10,12H2,1-4H3. The van der Waals surface area contributed by atoms with Crippen LogP contribution >= 0.6 is 0 Å². The molecule has 1 aliphatic carbocycles. The summed E-state index contributed by atoms with van der Waals surface area (Å²) in [7, 11) is 0. The predicted octanol–water partition coefficient (Wildman–Crippen LogP) is 4.13. The lowest BCUT2D eigenvalue weighted by Crippen LogP contribution is -2.40. The molecule has 0 aliphatic heterocycles. The van der Waals surface area contributed by atoms with Crippen LogP contribution in [0.4, 0.5) is 0 Å². The van der Waals surface area contributed by atoms with Gasteiger partial charge in [0.15, 0.2) is 0 Å². The molecule has 0 saturated carbocycles. The number of rotatable bonds is 5. The van der Waals surface area contributed by atoms with Crippen molar-refractivity contribution in [1.29, 1.82) is 0 Å². The molecular weight excluding hydrogens is 230 g/mol. The second kappa shape index (κ2) is 6.09. The Morgan fingerprint density at radius 2 is 1.89 bits per heavy atom. The third kappa shape index (κ3) is 3.82. The quantitative estimate of drug-likeness (QED) is 0.838. The van der Waals surface area contributed by atoms with Crippen molar-refractivity contribution in [2.75, 3.05) is 6.54 Å². The molecule has 1 heteroatoms. The highest BCUT2D eigenvalue weighted by Gasteiger charge is 2.23. The van der Waals surface area contributed by atoms with E-state index >= 15 is 0 Å². The van der Waals surface area contributed by atoms with Crippen LogP contribution in [0.3, 0.4) is 0 Å². The fourth-order valence-electron chi connectivity index (χ4n) is 3.18. The average molecular weight is 259 g/mol. The number of benzene rings is 1. The lowest BCUT2D eigenvalue weighted by molar-refractivity contribution is 0.258. The van der Waals surface area contributed by atoms with Gasteiger partial charge in [-0.25, -0.2) is 0 Å². The second-order valence-electron chi connectivity index (χ2n) is 6.97. The molecule has 1 nitrogen and oxygen atoms in total. The van der Waals surface area contributed by atoms with Crippen molar-refractivity contribution in [3.8, 4) is 0 Å². The summed E-state index contributed by atoms with van der Waals surface area (Å²) >= 11 is 0. The third-order valence-electron chi connectivity index (χ3n) is 4.38. The third-order valence-corrected chi connectivity index (χ3v) is 4.38. The van der Waals surface area contributed by atoms with Crippen LogP contribution in [0.15, 0.2) is 18.2 Å². The van der Waals surface area contributed by atoms with Gasteiger partial charge < -0.3 is 5.32 Å². The molecule has 19 heavy (non-hydrogen) atoms. The zero-order chi connectivity index (χ0) is 13.9. The van der Waals surface area contributed by atoms with Gasteiger partial charge in [0.25, 0.3) is 0 Å².